The molecule has 3 aromatic rings. The molecule has 0 radical (unpaired) electrons. The van der Waals surface area contributed by atoms with Gasteiger partial charge in [0, 0.05) is 0 Å². The molecule has 0 unspecified atom stereocenters. The predicted molar refractivity (Wildman–Crippen MR) is 130 cm³/mol. The van der Waals surface area contributed by atoms with Crippen LogP contribution >= 0.6 is 11.8 Å². The Kier molecular flexibility index (Phi) is 6.23. The average molecular weight is 443 g/mol. The smallest absolute Gasteiger partial charge is 0.337 e. The third-order valence-electron chi connectivity index (χ3n) is 4.99. The fourth-order valence-corrected chi connectivity index (χ4v) is 4.19. The summed E-state index contributed by atoms with van der Waals surface area (Å²) in [6.45, 7) is 4.03. The first-order chi connectivity index (χ1) is 15.4. The minimum Gasteiger partial charge on any atom is -0.465 e. The first kappa shape index (κ1) is 21.6. The van der Waals surface area contributed by atoms with E-state index in [0.717, 1.165) is 28.1 Å². The maximum absolute atomic E-state index is 13.4. The van der Waals surface area contributed by atoms with E-state index < -0.39 is 5.97 Å². The molecule has 0 N–H and O–H groups in total. The van der Waals surface area contributed by atoms with E-state index in [2.05, 4.69) is 0 Å². The van der Waals surface area contributed by atoms with Gasteiger partial charge in [0.05, 0.1) is 29.0 Å². The molecule has 1 saturated heterocycles. The van der Waals surface area contributed by atoms with E-state index in [0.29, 0.717) is 15.6 Å². The fourth-order valence-electron chi connectivity index (χ4n) is 3.18. The molecule has 0 bridgehead atoms. The number of aliphatic imine (C=N–C) groups is 1. The summed E-state index contributed by atoms with van der Waals surface area (Å²) in [5.41, 5.74) is 5.09. The molecule has 0 spiro atoms. The number of carbonyl (C=O) groups excluding carboxylic acids is 2. The van der Waals surface area contributed by atoms with Crippen LogP contribution in [0, 0.1) is 13.8 Å². The molecule has 32 heavy (non-hydrogen) atoms. The Morgan fingerprint density at radius 1 is 0.906 bits per heavy atom. The van der Waals surface area contributed by atoms with E-state index >= 15 is 0 Å². The summed E-state index contributed by atoms with van der Waals surface area (Å²) in [5, 5.41) is 0.597. The summed E-state index contributed by atoms with van der Waals surface area (Å²) in [6, 6.07) is 22.6. The highest BCUT2D eigenvalue weighted by Gasteiger charge is 2.34. The standard InChI is InChI=1S/C26H22N2O3S/c1-17-4-12-21(13-5-17)27-26-28(22-14-6-18(2)7-15-22)24(29)23(32-26)16-19-8-10-20(11-9-19)25(30)31-3/h4-16H,1-3H3. The number of esters is 1. The monoisotopic (exact) mass is 442 g/mol. The van der Waals surface area contributed by atoms with E-state index in [9.17, 15) is 9.59 Å². The van der Waals surface area contributed by atoms with Crippen molar-refractivity contribution in [2.24, 2.45) is 4.99 Å². The molecule has 0 atom stereocenters. The third-order valence-corrected chi connectivity index (χ3v) is 5.96. The van der Waals surface area contributed by atoms with Crippen LogP contribution in [0.15, 0.2) is 82.7 Å². The Labute approximate surface area is 191 Å². The minimum atomic E-state index is -0.395. The van der Waals surface area contributed by atoms with Gasteiger partial charge >= 0.3 is 5.97 Å². The lowest BCUT2D eigenvalue weighted by molar-refractivity contribution is -0.113. The summed E-state index contributed by atoms with van der Waals surface area (Å²) in [4.78, 5) is 32.0. The van der Waals surface area contributed by atoms with Gasteiger partial charge in [0.25, 0.3) is 5.91 Å². The van der Waals surface area contributed by atoms with E-state index in [1.165, 1.54) is 18.9 Å². The molecule has 6 heteroatoms. The SMILES string of the molecule is COC(=O)c1ccc(C=C2SC(=Nc3ccc(C)cc3)N(c3ccc(C)cc3)C2=O)cc1. The summed E-state index contributed by atoms with van der Waals surface area (Å²) in [6.07, 6.45) is 1.81. The molecular weight excluding hydrogens is 420 g/mol. The zero-order valence-electron chi connectivity index (χ0n) is 18.0. The number of amidine groups is 1. The molecule has 160 valence electrons. The number of rotatable bonds is 4. The Morgan fingerprint density at radius 3 is 2.09 bits per heavy atom. The van der Waals surface area contributed by atoms with Crippen LogP contribution in [-0.4, -0.2) is 24.2 Å². The molecular formula is C26H22N2O3S. The Balaban J connectivity index is 1.71. The van der Waals surface area contributed by atoms with E-state index in [1.54, 1.807) is 29.2 Å². The summed E-state index contributed by atoms with van der Waals surface area (Å²) in [7, 11) is 1.35. The second kappa shape index (κ2) is 9.24. The second-order valence-corrected chi connectivity index (χ2v) is 8.44. The van der Waals surface area contributed by atoms with Crippen LogP contribution in [-0.2, 0) is 9.53 Å². The van der Waals surface area contributed by atoms with Crippen molar-refractivity contribution in [3.05, 3.63) is 100.0 Å². The van der Waals surface area contributed by atoms with Gasteiger partial charge in [-0.25, -0.2) is 9.79 Å². The highest BCUT2D eigenvalue weighted by atomic mass is 32.2. The normalized spacial score (nSPS) is 16.1. The number of methoxy groups -OCH3 is 1. The van der Waals surface area contributed by atoms with Crippen molar-refractivity contribution in [1.29, 1.82) is 0 Å². The topological polar surface area (TPSA) is 59.0 Å². The molecule has 0 aromatic heterocycles. The lowest BCUT2D eigenvalue weighted by Gasteiger charge is -2.16. The van der Waals surface area contributed by atoms with Gasteiger partial charge in [-0.2, -0.15) is 0 Å². The molecule has 3 aromatic carbocycles. The summed E-state index contributed by atoms with van der Waals surface area (Å²) < 4.78 is 4.74. The highest BCUT2D eigenvalue weighted by Crippen LogP contribution is 2.37. The van der Waals surface area contributed by atoms with Crippen molar-refractivity contribution in [3.63, 3.8) is 0 Å². The first-order valence-corrected chi connectivity index (χ1v) is 10.9. The number of nitrogens with zero attached hydrogens (tertiary/aromatic N) is 2. The molecule has 1 aliphatic rings. The number of hydrogen-bond donors (Lipinski definition) is 0. The molecule has 1 amide bonds. The van der Waals surface area contributed by atoms with Crippen molar-refractivity contribution in [2.45, 2.75) is 13.8 Å². The van der Waals surface area contributed by atoms with Crippen molar-refractivity contribution in [1.82, 2.24) is 0 Å². The van der Waals surface area contributed by atoms with E-state index in [4.69, 9.17) is 9.73 Å². The summed E-state index contributed by atoms with van der Waals surface area (Å²) in [5.74, 6) is -0.532. The molecule has 1 aliphatic heterocycles. The predicted octanol–water partition coefficient (Wildman–Crippen LogP) is 5.90. The van der Waals surface area contributed by atoms with Crippen LogP contribution < -0.4 is 4.90 Å². The van der Waals surface area contributed by atoms with Crippen molar-refractivity contribution >= 4 is 46.3 Å². The Morgan fingerprint density at radius 2 is 1.50 bits per heavy atom. The van der Waals surface area contributed by atoms with Gasteiger partial charge in [-0.3, -0.25) is 9.69 Å². The number of hydrogen-bond acceptors (Lipinski definition) is 5. The zero-order valence-corrected chi connectivity index (χ0v) is 18.8. The number of carbonyl (C=O) groups is 2. The lowest BCUT2D eigenvalue weighted by atomic mass is 10.1. The number of benzene rings is 3. The largest absolute Gasteiger partial charge is 0.465 e. The maximum atomic E-state index is 13.4. The molecule has 4 rings (SSSR count). The van der Waals surface area contributed by atoms with Crippen LogP contribution in [0.1, 0.15) is 27.0 Å². The third kappa shape index (κ3) is 4.65. The van der Waals surface area contributed by atoms with Crippen molar-refractivity contribution in [3.8, 4) is 0 Å². The van der Waals surface area contributed by atoms with Gasteiger partial charge in [-0.15, -0.1) is 0 Å². The van der Waals surface area contributed by atoms with E-state index in [-0.39, 0.29) is 5.91 Å². The lowest BCUT2D eigenvalue weighted by Crippen LogP contribution is -2.28. The minimum absolute atomic E-state index is 0.137. The maximum Gasteiger partial charge on any atom is 0.337 e. The van der Waals surface area contributed by atoms with Crippen LogP contribution in [0.3, 0.4) is 0 Å². The summed E-state index contributed by atoms with van der Waals surface area (Å²) >= 11 is 1.33. The number of aryl methyl sites for hydroxylation is 2. The fraction of sp³-hybridized carbons (Fsp3) is 0.115. The van der Waals surface area contributed by atoms with Gasteiger partial charge in [0.1, 0.15) is 0 Å². The van der Waals surface area contributed by atoms with Crippen molar-refractivity contribution < 1.29 is 14.3 Å². The highest BCUT2D eigenvalue weighted by molar-refractivity contribution is 8.19. The van der Waals surface area contributed by atoms with Gasteiger partial charge < -0.3 is 4.74 Å². The average Bonchev–Trinajstić information content (AvgIpc) is 3.10. The number of amides is 1. The Bertz CT molecular complexity index is 1210. The van der Waals surface area contributed by atoms with Crippen LogP contribution in [0.2, 0.25) is 0 Å². The van der Waals surface area contributed by atoms with Gasteiger partial charge in [-0.1, -0.05) is 47.5 Å². The van der Waals surface area contributed by atoms with Gasteiger partial charge in [0.15, 0.2) is 5.17 Å². The van der Waals surface area contributed by atoms with Crippen LogP contribution in [0.5, 0.6) is 0 Å². The Hall–Kier alpha value is -3.64. The number of thioether (sulfide) groups is 1. The molecule has 0 saturated carbocycles. The molecule has 5 nitrogen and oxygen atoms in total. The number of anilines is 1. The second-order valence-electron chi connectivity index (χ2n) is 7.43. The molecule has 1 fully saturated rings. The first-order valence-electron chi connectivity index (χ1n) is 10.1. The zero-order chi connectivity index (χ0) is 22.7. The molecule has 0 aliphatic carbocycles. The van der Waals surface area contributed by atoms with Gasteiger partial charge in [-0.05, 0) is 73.6 Å². The van der Waals surface area contributed by atoms with Crippen LogP contribution in [0.4, 0.5) is 11.4 Å². The number of ether oxygens (including phenoxy) is 1. The van der Waals surface area contributed by atoms with Crippen molar-refractivity contribution in [2.75, 3.05) is 12.0 Å². The molecule has 1 heterocycles. The van der Waals surface area contributed by atoms with Gasteiger partial charge in [0.2, 0.25) is 0 Å². The van der Waals surface area contributed by atoms with E-state index in [1.807, 2.05) is 68.5 Å². The quantitative estimate of drug-likeness (QED) is 0.373. The van der Waals surface area contributed by atoms with Crippen LogP contribution in [0.25, 0.3) is 6.08 Å².